The molecule has 1 heterocycles. The van der Waals surface area contributed by atoms with Crippen LogP contribution in [-0.4, -0.2) is 28.5 Å². The number of nitrogens with one attached hydrogen (secondary N) is 2. The Morgan fingerprint density at radius 3 is 2.83 bits per heavy atom. The Morgan fingerprint density at radius 2 is 2.22 bits per heavy atom. The Bertz CT molecular complexity index is 481. The Balaban J connectivity index is 2.41. The van der Waals surface area contributed by atoms with Gasteiger partial charge in [0.25, 0.3) is 5.91 Å². The van der Waals surface area contributed by atoms with E-state index in [0.717, 1.165) is 0 Å². The second-order valence-corrected chi connectivity index (χ2v) is 4.19. The molecule has 18 heavy (non-hydrogen) atoms. The van der Waals surface area contributed by atoms with E-state index in [-0.39, 0.29) is 23.8 Å². The average molecular weight is 252 g/mol. The van der Waals surface area contributed by atoms with Gasteiger partial charge < -0.3 is 15.4 Å². The number of pyridine rings is 1. The van der Waals surface area contributed by atoms with Crippen molar-refractivity contribution in [2.45, 2.75) is 19.8 Å². The quantitative estimate of drug-likeness (QED) is 0.690. The molecule has 0 fully saturated rings. The number of H-pyrrole nitrogens is 1. The Kier molecular flexibility index (Phi) is 5.10. The maximum Gasteiger partial charge on any atom is 0.303 e. The van der Waals surface area contributed by atoms with Crippen LogP contribution in [0, 0.1) is 5.92 Å². The molecule has 0 spiro atoms. The largest absolute Gasteiger partial charge is 0.481 e. The summed E-state index contributed by atoms with van der Waals surface area (Å²) in [5, 5.41) is 11.2. The summed E-state index contributed by atoms with van der Waals surface area (Å²) in [6.45, 7) is 2.25. The van der Waals surface area contributed by atoms with E-state index in [9.17, 15) is 14.4 Å². The number of rotatable bonds is 6. The number of aromatic nitrogens is 1. The van der Waals surface area contributed by atoms with Crippen molar-refractivity contribution >= 4 is 11.9 Å². The molecule has 98 valence electrons. The number of carbonyl (C=O) groups is 2. The molecule has 0 radical (unpaired) electrons. The van der Waals surface area contributed by atoms with Gasteiger partial charge in [-0.2, -0.15) is 0 Å². The fraction of sp³-hybridized carbons (Fsp3) is 0.417. The van der Waals surface area contributed by atoms with Crippen LogP contribution in [0.25, 0.3) is 0 Å². The van der Waals surface area contributed by atoms with Crippen molar-refractivity contribution in [2.75, 3.05) is 6.54 Å². The van der Waals surface area contributed by atoms with Crippen molar-refractivity contribution in [1.29, 1.82) is 0 Å². The predicted octanol–water partition coefficient (Wildman–Crippen LogP) is 0.606. The third kappa shape index (κ3) is 4.82. The predicted molar refractivity (Wildman–Crippen MR) is 65.4 cm³/mol. The molecule has 1 unspecified atom stereocenters. The second kappa shape index (κ2) is 6.58. The molecule has 0 bridgehead atoms. The van der Waals surface area contributed by atoms with E-state index in [1.54, 1.807) is 0 Å². The lowest BCUT2D eigenvalue weighted by molar-refractivity contribution is -0.137. The minimum absolute atomic E-state index is 0.0760. The summed E-state index contributed by atoms with van der Waals surface area (Å²) >= 11 is 0. The number of carbonyl (C=O) groups excluding carboxylic acids is 1. The fourth-order valence-corrected chi connectivity index (χ4v) is 1.43. The molecule has 3 N–H and O–H groups in total. The van der Waals surface area contributed by atoms with Gasteiger partial charge in [-0.25, -0.2) is 0 Å². The molecular weight excluding hydrogens is 236 g/mol. The van der Waals surface area contributed by atoms with Crippen LogP contribution in [0.4, 0.5) is 0 Å². The Hall–Kier alpha value is -2.11. The lowest BCUT2D eigenvalue weighted by Crippen LogP contribution is -2.29. The molecule has 1 aromatic heterocycles. The van der Waals surface area contributed by atoms with Crippen molar-refractivity contribution < 1.29 is 14.7 Å². The second-order valence-electron chi connectivity index (χ2n) is 4.19. The number of aliphatic carboxylic acids is 1. The van der Waals surface area contributed by atoms with Gasteiger partial charge in [0.15, 0.2) is 0 Å². The number of aromatic amines is 1. The van der Waals surface area contributed by atoms with Gasteiger partial charge in [-0.05, 0) is 18.4 Å². The first-order valence-electron chi connectivity index (χ1n) is 5.67. The zero-order valence-electron chi connectivity index (χ0n) is 10.1. The van der Waals surface area contributed by atoms with E-state index in [1.807, 2.05) is 6.92 Å². The third-order valence-corrected chi connectivity index (χ3v) is 2.50. The minimum atomic E-state index is -0.845. The first-order chi connectivity index (χ1) is 8.49. The van der Waals surface area contributed by atoms with Crippen LogP contribution < -0.4 is 10.9 Å². The zero-order valence-corrected chi connectivity index (χ0v) is 10.1. The van der Waals surface area contributed by atoms with Gasteiger partial charge in [0.2, 0.25) is 5.56 Å². The van der Waals surface area contributed by atoms with Gasteiger partial charge in [-0.3, -0.25) is 14.4 Å². The van der Waals surface area contributed by atoms with Gasteiger partial charge >= 0.3 is 5.97 Å². The Morgan fingerprint density at radius 1 is 1.50 bits per heavy atom. The van der Waals surface area contributed by atoms with Crippen LogP contribution in [0.1, 0.15) is 30.1 Å². The van der Waals surface area contributed by atoms with Crippen molar-refractivity contribution in [1.82, 2.24) is 10.3 Å². The average Bonchev–Trinajstić information content (AvgIpc) is 2.33. The van der Waals surface area contributed by atoms with Crippen LogP contribution in [0.2, 0.25) is 0 Å². The number of carboxylic acid groups (broad SMARTS) is 1. The van der Waals surface area contributed by atoms with Crippen molar-refractivity contribution in [3.63, 3.8) is 0 Å². The van der Waals surface area contributed by atoms with Crippen LogP contribution in [0.3, 0.4) is 0 Å². The monoisotopic (exact) mass is 252 g/mol. The lowest BCUT2D eigenvalue weighted by Gasteiger charge is -2.11. The van der Waals surface area contributed by atoms with Gasteiger partial charge in [-0.1, -0.05) is 6.92 Å². The van der Waals surface area contributed by atoms with Gasteiger partial charge in [0, 0.05) is 30.8 Å². The van der Waals surface area contributed by atoms with Crippen LogP contribution in [-0.2, 0) is 4.79 Å². The molecular formula is C12H16N2O4. The highest BCUT2D eigenvalue weighted by molar-refractivity contribution is 5.93. The summed E-state index contributed by atoms with van der Waals surface area (Å²) in [5.41, 5.74) is -0.0363. The summed E-state index contributed by atoms with van der Waals surface area (Å²) in [7, 11) is 0. The molecule has 1 amide bonds. The van der Waals surface area contributed by atoms with E-state index < -0.39 is 5.97 Å². The summed E-state index contributed by atoms with van der Waals surface area (Å²) < 4.78 is 0. The molecule has 0 aliphatic rings. The van der Waals surface area contributed by atoms with E-state index in [2.05, 4.69) is 10.3 Å². The third-order valence-electron chi connectivity index (χ3n) is 2.50. The molecule has 1 atom stereocenters. The first kappa shape index (κ1) is 14.0. The fourth-order valence-electron chi connectivity index (χ4n) is 1.43. The first-order valence-corrected chi connectivity index (χ1v) is 5.67. The molecule has 1 aromatic rings. The lowest BCUT2D eigenvalue weighted by atomic mass is 10.1. The van der Waals surface area contributed by atoms with Crippen molar-refractivity contribution in [3.8, 4) is 0 Å². The number of hydrogen-bond donors (Lipinski definition) is 3. The standard InChI is InChI=1S/C12H16N2O4/c1-8(2-3-11(16)17)7-14-12(18)9-4-5-13-10(15)6-9/h4-6,8H,2-3,7H2,1H3,(H,13,15)(H,14,18)(H,16,17). The normalized spacial score (nSPS) is 11.8. The molecule has 0 aliphatic heterocycles. The smallest absolute Gasteiger partial charge is 0.303 e. The molecule has 0 saturated carbocycles. The SMILES string of the molecule is CC(CCC(=O)O)CNC(=O)c1cc[nH]c(=O)c1. The maximum atomic E-state index is 11.7. The zero-order chi connectivity index (χ0) is 13.5. The molecule has 0 aliphatic carbocycles. The summed E-state index contributed by atoms with van der Waals surface area (Å²) in [6, 6.07) is 2.73. The maximum absolute atomic E-state index is 11.7. The molecule has 0 aromatic carbocycles. The summed E-state index contributed by atoms with van der Waals surface area (Å²) in [4.78, 5) is 35.5. The van der Waals surface area contributed by atoms with E-state index in [1.165, 1.54) is 18.3 Å². The van der Waals surface area contributed by atoms with Crippen LogP contribution in [0.5, 0.6) is 0 Å². The van der Waals surface area contributed by atoms with Gasteiger partial charge in [0.1, 0.15) is 0 Å². The number of hydrogen-bond acceptors (Lipinski definition) is 3. The van der Waals surface area contributed by atoms with E-state index in [0.29, 0.717) is 18.5 Å². The highest BCUT2D eigenvalue weighted by Gasteiger charge is 2.09. The van der Waals surface area contributed by atoms with Crippen LogP contribution in [0.15, 0.2) is 23.1 Å². The van der Waals surface area contributed by atoms with E-state index >= 15 is 0 Å². The summed E-state index contributed by atoms with van der Waals surface area (Å²) in [5.74, 6) is -1.10. The molecule has 0 saturated heterocycles. The van der Waals surface area contributed by atoms with Crippen molar-refractivity contribution in [2.24, 2.45) is 5.92 Å². The minimum Gasteiger partial charge on any atom is -0.481 e. The highest BCUT2D eigenvalue weighted by atomic mass is 16.4. The van der Waals surface area contributed by atoms with Crippen molar-refractivity contribution in [3.05, 3.63) is 34.2 Å². The van der Waals surface area contributed by atoms with Gasteiger partial charge in [-0.15, -0.1) is 0 Å². The summed E-state index contributed by atoms with van der Waals surface area (Å²) in [6.07, 6.45) is 2.00. The van der Waals surface area contributed by atoms with Crippen LogP contribution >= 0.6 is 0 Å². The highest BCUT2D eigenvalue weighted by Crippen LogP contribution is 2.04. The molecule has 6 heteroatoms. The van der Waals surface area contributed by atoms with Gasteiger partial charge in [0.05, 0.1) is 0 Å². The number of carboxylic acids is 1. The topological polar surface area (TPSA) is 99.3 Å². The van der Waals surface area contributed by atoms with E-state index in [4.69, 9.17) is 5.11 Å². The molecule has 1 rings (SSSR count). The Labute approximate surface area is 104 Å². The number of amides is 1. The molecule has 6 nitrogen and oxygen atoms in total.